The van der Waals surface area contributed by atoms with E-state index in [0.29, 0.717) is 6.04 Å². The summed E-state index contributed by atoms with van der Waals surface area (Å²) < 4.78 is 6.87. The first kappa shape index (κ1) is 14.5. The maximum atomic E-state index is 5.77. The van der Waals surface area contributed by atoms with Crippen LogP contribution in [-0.4, -0.2) is 6.61 Å². The fraction of sp³-hybridized carbons (Fsp3) is 0.333. The van der Waals surface area contributed by atoms with E-state index in [1.807, 2.05) is 12.1 Å². The molecule has 0 aromatic heterocycles. The summed E-state index contributed by atoms with van der Waals surface area (Å²) in [6, 6.07) is 13.1. The van der Waals surface area contributed by atoms with E-state index in [9.17, 15) is 0 Å². The molecule has 0 radical (unpaired) electrons. The van der Waals surface area contributed by atoms with Gasteiger partial charge in [-0.25, -0.2) is 0 Å². The Bertz CT molecular complexity index is 654. The molecule has 1 aliphatic heterocycles. The molecular formula is C18H20BrNO. The van der Waals surface area contributed by atoms with Crippen molar-refractivity contribution in [3.05, 3.63) is 57.6 Å². The average molecular weight is 346 g/mol. The van der Waals surface area contributed by atoms with Crippen molar-refractivity contribution in [2.24, 2.45) is 0 Å². The van der Waals surface area contributed by atoms with E-state index in [2.05, 4.69) is 59.4 Å². The van der Waals surface area contributed by atoms with Crippen molar-refractivity contribution in [3.63, 3.8) is 0 Å². The third-order valence-electron chi connectivity index (χ3n) is 4.07. The second kappa shape index (κ2) is 6.10. The zero-order valence-corrected chi connectivity index (χ0v) is 14.0. The van der Waals surface area contributed by atoms with Gasteiger partial charge in [0, 0.05) is 22.1 Å². The molecule has 0 spiro atoms. The Balaban J connectivity index is 1.96. The SMILES string of the molecule is CCc1cccc(C)c1NC1CCOc2ccc(Br)cc21. The molecule has 1 unspecified atom stereocenters. The van der Waals surface area contributed by atoms with E-state index in [1.165, 1.54) is 22.4 Å². The molecule has 2 nitrogen and oxygen atoms in total. The van der Waals surface area contributed by atoms with Crippen molar-refractivity contribution in [3.8, 4) is 5.75 Å². The minimum Gasteiger partial charge on any atom is -0.493 e. The summed E-state index contributed by atoms with van der Waals surface area (Å²) in [6.07, 6.45) is 2.03. The minimum absolute atomic E-state index is 0.303. The second-order valence-corrected chi connectivity index (χ2v) is 6.39. The lowest BCUT2D eigenvalue weighted by molar-refractivity contribution is 0.274. The number of aryl methyl sites for hydroxylation is 2. The number of hydrogen-bond donors (Lipinski definition) is 1. The Morgan fingerprint density at radius 3 is 2.95 bits per heavy atom. The van der Waals surface area contributed by atoms with Crippen molar-refractivity contribution >= 4 is 21.6 Å². The number of para-hydroxylation sites is 1. The Morgan fingerprint density at radius 1 is 1.29 bits per heavy atom. The van der Waals surface area contributed by atoms with Crippen LogP contribution in [0.2, 0.25) is 0 Å². The summed E-state index contributed by atoms with van der Waals surface area (Å²) in [6.45, 7) is 5.14. The molecule has 1 atom stereocenters. The Morgan fingerprint density at radius 2 is 2.14 bits per heavy atom. The van der Waals surface area contributed by atoms with Gasteiger partial charge in [-0.3, -0.25) is 0 Å². The van der Waals surface area contributed by atoms with Crippen LogP contribution < -0.4 is 10.1 Å². The highest BCUT2D eigenvalue weighted by atomic mass is 79.9. The monoisotopic (exact) mass is 345 g/mol. The lowest BCUT2D eigenvalue weighted by Gasteiger charge is -2.29. The van der Waals surface area contributed by atoms with Crippen LogP contribution in [0, 0.1) is 6.92 Å². The summed E-state index contributed by atoms with van der Waals surface area (Å²) in [5, 5.41) is 3.75. The summed E-state index contributed by atoms with van der Waals surface area (Å²) in [5.41, 5.74) is 5.19. The summed E-state index contributed by atoms with van der Waals surface area (Å²) in [5.74, 6) is 0.994. The second-order valence-electron chi connectivity index (χ2n) is 5.48. The van der Waals surface area contributed by atoms with Gasteiger partial charge in [0.25, 0.3) is 0 Å². The number of benzene rings is 2. The molecule has 1 heterocycles. The molecule has 21 heavy (non-hydrogen) atoms. The fourth-order valence-corrected chi connectivity index (χ4v) is 3.30. The van der Waals surface area contributed by atoms with Gasteiger partial charge in [-0.15, -0.1) is 0 Å². The Hall–Kier alpha value is -1.48. The van der Waals surface area contributed by atoms with Crippen molar-refractivity contribution in [2.45, 2.75) is 32.7 Å². The number of rotatable bonds is 3. The summed E-state index contributed by atoms with van der Waals surface area (Å²) in [7, 11) is 0. The van der Waals surface area contributed by atoms with Gasteiger partial charge in [0.2, 0.25) is 0 Å². The van der Waals surface area contributed by atoms with Crippen molar-refractivity contribution in [1.29, 1.82) is 0 Å². The van der Waals surface area contributed by atoms with Crippen molar-refractivity contribution in [2.75, 3.05) is 11.9 Å². The molecule has 110 valence electrons. The van der Waals surface area contributed by atoms with Gasteiger partial charge in [0.05, 0.1) is 12.6 Å². The summed E-state index contributed by atoms with van der Waals surface area (Å²) >= 11 is 3.56. The van der Waals surface area contributed by atoms with E-state index < -0.39 is 0 Å². The lowest BCUT2D eigenvalue weighted by Crippen LogP contribution is -2.21. The molecule has 0 saturated heterocycles. The Kier molecular flexibility index (Phi) is 4.20. The van der Waals surface area contributed by atoms with Crippen LogP contribution in [0.4, 0.5) is 5.69 Å². The average Bonchev–Trinajstić information content (AvgIpc) is 2.49. The topological polar surface area (TPSA) is 21.3 Å². The predicted octanol–water partition coefficient (Wildman–Crippen LogP) is 5.26. The van der Waals surface area contributed by atoms with E-state index >= 15 is 0 Å². The number of ether oxygens (including phenoxy) is 1. The van der Waals surface area contributed by atoms with E-state index in [-0.39, 0.29) is 0 Å². The van der Waals surface area contributed by atoms with Gasteiger partial charge in [0.1, 0.15) is 5.75 Å². The van der Waals surface area contributed by atoms with Crippen LogP contribution in [0.15, 0.2) is 40.9 Å². The Labute approximate surface area is 134 Å². The molecule has 1 aliphatic rings. The molecule has 0 amide bonds. The normalized spacial score (nSPS) is 17.0. The zero-order valence-electron chi connectivity index (χ0n) is 12.4. The highest BCUT2D eigenvalue weighted by molar-refractivity contribution is 9.10. The summed E-state index contributed by atoms with van der Waals surface area (Å²) in [4.78, 5) is 0. The first-order valence-electron chi connectivity index (χ1n) is 7.46. The zero-order chi connectivity index (χ0) is 14.8. The molecule has 0 fully saturated rings. The van der Waals surface area contributed by atoms with Gasteiger partial charge in [-0.05, 0) is 42.7 Å². The van der Waals surface area contributed by atoms with Crippen LogP contribution in [0.5, 0.6) is 5.75 Å². The quantitative estimate of drug-likeness (QED) is 0.819. The van der Waals surface area contributed by atoms with Gasteiger partial charge in [0.15, 0.2) is 0 Å². The van der Waals surface area contributed by atoms with Crippen molar-refractivity contribution in [1.82, 2.24) is 0 Å². The number of anilines is 1. The number of nitrogens with one attached hydrogen (secondary N) is 1. The predicted molar refractivity (Wildman–Crippen MR) is 91.2 cm³/mol. The van der Waals surface area contributed by atoms with Crippen LogP contribution >= 0.6 is 15.9 Å². The molecule has 3 heteroatoms. The maximum Gasteiger partial charge on any atom is 0.124 e. The lowest BCUT2D eigenvalue weighted by atomic mass is 9.98. The third-order valence-corrected chi connectivity index (χ3v) is 4.56. The fourth-order valence-electron chi connectivity index (χ4n) is 2.92. The number of hydrogen-bond acceptors (Lipinski definition) is 2. The van der Waals surface area contributed by atoms with Crippen LogP contribution in [0.25, 0.3) is 0 Å². The van der Waals surface area contributed by atoms with Crippen LogP contribution in [0.3, 0.4) is 0 Å². The largest absolute Gasteiger partial charge is 0.493 e. The molecule has 0 bridgehead atoms. The molecular weight excluding hydrogens is 326 g/mol. The van der Waals surface area contributed by atoms with Crippen LogP contribution in [-0.2, 0) is 6.42 Å². The third kappa shape index (κ3) is 2.93. The molecule has 1 N–H and O–H groups in total. The number of halogens is 1. The van der Waals surface area contributed by atoms with Gasteiger partial charge in [-0.2, -0.15) is 0 Å². The first-order valence-corrected chi connectivity index (χ1v) is 8.25. The molecule has 2 aromatic carbocycles. The first-order chi connectivity index (χ1) is 10.2. The van der Waals surface area contributed by atoms with Gasteiger partial charge >= 0.3 is 0 Å². The maximum absolute atomic E-state index is 5.77. The number of fused-ring (bicyclic) bond motifs is 1. The molecule has 2 aromatic rings. The van der Waals surface area contributed by atoms with Crippen LogP contribution in [0.1, 0.15) is 36.1 Å². The minimum atomic E-state index is 0.303. The molecule has 0 aliphatic carbocycles. The molecule has 3 rings (SSSR count). The highest BCUT2D eigenvalue weighted by Crippen LogP contribution is 2.37. The highest BCUT2D eigenvalue weighted by Gasteiger charge is 2.22. The van der Waals surface area contributed by atoms with Crippen molar-refractivity contribution < 1.29 is 4.74 Å². The smallest absolute Gasteiger partial charge is 0.124 e. The van der Waals surface area contributed by atoms with Gasteiger partial charge in [-0.1, -0.05) is 41.1 Å². The van der Waals surface area contributed by atoms with Gasteiger partial charge < -0.3 is 10.1 Å². The molecule has 0 saturated carbocycles. The van der Waals surface area contributed by atoms with E-state index in [1.54, 1.807) is 0 Å². The standard InChI is InChI=1S/C18H20BrNO/c1-3-13-6-4-5-12(2)18(13)20-16-9-10-21-17-8-7-14(19)11-15(16)17/h4-8,11,16,20H,3,9-10H2,1-2H3. The van der Waals surface area contributed by atoms with E-state index in [0.717, 1.165) is 29.7 Å². The van der Waals surface area contributed by atoms with E-state index in [4.69, 9.17) is 4.74 Å².